The van der Waals surface area contributed by atoms with Crippen LogP contribution in [-0.2, 0) is 6.54 Å². The van der Waals surface area contributed by atoms with E-state index in [0.717, 1.165) is 15.8 Å². The molecule has 0 aliphatic heterocycles. The largest absolute Gasteiger partial charge is 0.325 e. The number of nitrogens with two attached hydrogens (primary N) is 1. The molecule has 2 N–H and O–H groups in total. The fourth-order valence-corrected chi connectivity index (χ4v) is 2.14. The van der Waals surface area contributed by atoms with Gasteiger partial charge in [-0.2, -0.15) is 4.37 Å². The molecule has 1 aromatic heterocycles. The van der Waals surface area contributed by atoms with Crippen molar-refractivity contribution in [2.24, 2.45) is 5.73 Å². The molecular weight excluding hydrogens is 187 g/mol. The summed E-state index contributed by atoms with van der Waals surface area (Å²) in [5.41, 5.74) is 6.90. The number of aryl methyl sites for hydroxylation is 1. The quantitative estimate of drug-likeness (QED) is 0.759. The standard InChI is InChI=1S/C9H9FN2S/c1-5-2-9-6(3-7(5)10)8(4-11)12-13-9/h2-3H,4,11H2,1H3. The molecule has 4 heteroatoms. The number of halogens is 1. The van der Waals surface area contributed by atoms with Gasteiger partial charge in [-0.1, -0.05) is 0 Å². The smallest absolute Gasteiger partial charge is 0.126 e. The van der Waals surface area contributed by atoms with Gasteiger partial charge in [0.1, 0.15) is 5.82 Å². The minimum atomic E-state index is -0.192. The Morgan fingerprint density at radius 1 is 1.54 bits per heavy atom. The minimum Gasteiger partial charge on any atom is -0.325 e. The number of hydrogen-bond donors (Lipinski definition) is 1. The number of rotatable bonds is 1. The molecule has 0 saturated heterocycles. The van der Waals surface area contributed by atoms with Crippen LogP contribution >= 0.6 is 11.5 Å². The Balaban J connectivity index is 2.77. The van der Waals surface area contributed by atoms with Crippen LogP contribution in [0.4, 0.5) is 4.39 Å². The number of benzene rings is 1. The molecule has 0 radical (unpaired) electrons. The van der Waals surface area contributed by atoms with Crippen molar-refractivity contribution in [1.82, 2.24) is 4.37 Å². The lowest BCUT2D eigenvalue weighted by Crippen LogP contribution is -1.96. The molecule has 0 fully saturated rings. The van der Waals surface area contributed by atoms with E-state index < -0.39 is 0 Å². The molecule has 0 aliphatic carbocycles. The van der Waals surface area contributed by atoms with E-state index in [9.17, 15) is 4.39 Å². The first-order chi connectivity index (χ1) is 6.22. The van der Waals surface area contributed by atoms with Crippen molar-refractivity contribution >= 4 is 21.6 Å². The number of fused-ring (bicyclic) bond motifs is 1. The lowest BCUT2D eigenvalue weighted by atomic mass is 10.1. The highest BCUT2D eigenvalue weighted by Crippen LogP contribution is 2.25. The normalized spacial score (nSPS) is 11.0. The van der Waals surface area contributed by atoms with Gasteiger partial charge in [0.15, 0.2) is 0 Å². The van der Waals surface area contributed by atoms with E-state index in [1.807, 2.05) is 6.07 Å². The second kappa shape index (κ2) is 3.05. The van der Waals surface area contributed by atoms with Crippen molar-refractivity contribution in [1.29, 1.82) is 0 Å². The third-order valence-corrected chi connectivity index (χ3v) is 2.87. The van der Waals surface area contributed by atoms with E-state index in [1.165, 1.54) is 17.6 Å². The van der Waals surface area contributed by atoms with Gasteiger partial charge in [0, 0.05) is 11.9 Å². The molecule has 1 aromatic carbocycles. The van der Waals surface area contributed by atoms with Crippen molar-refractivity contribution in [3.05, 3.63) is 29.2 Å². The van der Waals surface area contributed by atoms with E-state index in [2.05, 4.69) is 4.37 Å². The Morgan fingerprint density at radius 2 is 2.31 bits per heavy atom. The summed E-state index contributed by atoms with van der Waals surface area (Å²) >= 11 is 1.36. The predicted octanol–water partition coefficient (Wildman–Crippen LogP) is 2.20. The van der Waals surface area contributed by atoms with Crippen LogP contribution in [0.15, 0.2) is 12.1 Å². The average Bonchev–Trinajstić information content (AvgIpc) is 2.48. The van der Waals surface area contributed by atoms with Crippen molar-refractivity contribution in [2.45, 2.75) is 13.5 Å². The van der Waals surface area contributed by atoms with Crippen LogP contribution in [0.1, 0.15) is 11.3 Å². The van der Waals surface area contributed by atoms with Gasteiger partial charge < -0.3 is 5.73 Å². The molecule has 13 heavy (non-hydrogen) atoms. The highest BCUT2D eigenvalue weighted by molar-refractivity contribution is 7.13. The van der Waals surface area contributed by atoms with Gasteiger partial charge in [0.25, 0.3) is 0 Å². The van der Waals surface area contributed by atoms with Crippen LogP contribution in [0.3, 0.4) is 0 Å². The summed E-state index contributed by atoms with van der Waals surface area (Å²) in [6.07, 6.45) is 0. The number of hydrogen-bond acceptors (Lipinski definition) is 3. The van der Waals surface area contributed by atoms with Gasteiger partial charge in [0.2, 0.25) is 0 Å². The minimum absolute atomic E-state index is 0.192. The molecule has 2 aromatic rings. The molecule has 0 amide bonds. The van der Waals surface area contributed by atoms with Crippen LogP contribution in [0, 0.1) is 12.7 Å². The van der Waals surface area contributed by atoms with E-state index in [-0.39, 0.29) is 5.82 Å². The van der Waals surface area contributed by atoms with Crippen LogP contribution in [-0.4, -0.2) is 4.37 Å². The summed E-state index contributed by atoms with van der Waals surface area (Å²) in [6.45, 7) is 2.11. The van der Waals surface area contributed by atoms with E-state index in [0.29, 0.717) is 12.1 Å². The van der Waals surface area contributed by atoms with Gasteiger partial charge in [-0.3, -0.25) is 0 Å². The summed E-state index contributed by atoms with van der Waals surface area (Å²) in [6, 6.07) is 3.32. The molecule has 0 atom stereocenters. The first-order valence-electron chi connectivity index (χ1n) is 3.97. The molecule has 1 heterocycles. The summed E-state index contributed by atoms with van der Waals surface area (Å²) in [5, 5.41) is 0.843. The highest BCUT2D eigenvalue weighted by atomic mass is 32.1. The summed E-state index contributed by atoms with van der Waals surface area (Å²) in [5.74, 6) is -0.192. The zero-order valence-electron chi connectivity index (χ0n) is 7.17. The molecular formula is C9H9FN2S. The third kappa shape index (κ3) is 1.32. The Morgan fingerprint density at radius 3 is 3.00 bits per heavy atom. The SMILES string of the molecule is Cc1cc2snc(CN)c2cc1F. The van der Waals surface area contributed by atoms with E-state index in [4.69, 9.17) is 5.73 Å². The Labute approximate surface area is 79.3 Å². The molecule has 0 saturated carbocycles. The second-order valence-electron chi connectivity index (χ2n) is 2.93. The zero-order valence-corrected chi connectivity index (χ0v) is 7.99. The molecule has 0 unspecified atom stereocenters. The highest BCUT2D eigenvalue weighted by Gasteiger charge is 2.07. The molecule has 0 spiro atoms. The summed E-state index contributed by atoms with van der Waals surface area (Å²) < 4.78 is 18.3. The molecule has 2 rings (SSSR count). The van der Waals surface area contributed by atoms with Crippen molar-refractivity contribution in [3.8, 4) is 0 Å². The first-order valence-corrected chi connectivity index (χ1v) is 4.74. The van der Waals surface area contributed by atoms with Crippen LogP contribution in [0.2, 0.25) is 0 Å². The van der Waals surface area contributed by atoms with Crippen molar-refractivity contribution < 1.29 is 4.39 Å². The van der Waals surface area contributed by atoms with Crippen molar-refractivity contribution in [2.75, 3.05) is 0 Å². The van der Waals surface area contributed by atoms with E-state index in [1.54, 1.807) is 6.92 Å². The van der Waals surface area contributed by atoms with Crippen LogP contribution in [0.5, 0.6) is 0 Å². The zero-order chi connectivity index (χ0) is 9.42. The summed E-state index contributed by atoms with van der Waals surface area (Å²) in [4.78, 5) is 0. The van der Waals surface area contributed by atoms with Crippen molar-refractivity contribution in [3.63, 3.8) is 0 Å². The fraction of sp³-hybridized carbons (Fsp3) is 0.222. The molecule has 2 nitrogen and oxygen atoms in total. The second-order valence-corrected chi connectivity index (χ2v) is 3.74. The van der Waals surface area contributed by atoms with Gasteiger partial charge in [-0.25, -0.2) is 4.39 Å². The maximum absolute atomic E-state index is 13.2. The maximum Gasteiger partial charge on any atom is 0.126 e. The Bertz CT molecular complexity index is 450. The van der Waals surface area contributed by atoms with Gasteiger partial charge in [-0.15, -0.1) is 0 Å². The summed E-state index contributed by atoms with van der Waals surface area (Å²) in [7, 11) is 0. The van der Waals surface area contributed by atoms with Crippen LogP contribution in [0.25, 0.3) is 10.1 Å². The number of aromatic nitrogens is 1. The first kappa shape index (κ1) is 8.59. The monoisotopic (exact) mass is 196 g/mol. The maximum atomic E-state index is 13.2. The van der Waals surface area contributed by atoms with E-state index >= 15 is 0 Å². The fourth-order valence-electron chi connectivity index (χ4n) is 1.26. The molecule has 0 bridgehead atoms. The lowest BCUT2D eigenvalue weighted by molar-refractivity contribution is 0.620. The van der Waals surface area contributed by atoms with Gasteiger partial charge >= 0.3 is 0 Å². The number of nitrogens with zero attached hydrogens (tertiary/aromatic N) is 1. The molecule has 0 aliphatic rings. The Hall–Kier alpha value is -1.00. The Kier molecular flexibility index (Phi) is 2.01. The third-order valence-electron chi connectivity index (χ3n) is 2.02. The molecule has 68 valence electrons. The average molecular weight is 196 g/mol. The van der Waals surface area contributed by atoms with Crippen LogP contribution < -0.4 is 5.73 Å². The van der Waals surface area contributed by atoms with Gasteiger partial charge in [0.05, 0.1) is 10.4 Å². The predicted molar refractivity (Wildman–Crippen MR) is 52.2 cm³/mol. The lowest BCUT2D eigenvalue weighted by Gasteiger charge is -1.96. The van der Waals surface area contributed by atoms with Gasteiger partial charge in [-0.05, 0) is 36.2 Å². The topological polar surface area (TPSA) is 38.9 Å².